The molecular weight excluding hydrogens is 242 g/mol. The normalized spacial score (nSPS) is 10.7. The lowest BCUT2D eigenvalue weighted by Gasteiger charge is -2.04. The van der Waals surface area contributed by atoms with E-state index in [2.05, 4.69) is 4.98 Å². The van der Waals surface area contributed by atoms with Crippen molar-refractivity contribution in [2.75, 3.05) is 0 Å². The van der Waals surface area contributed by atoms with Crippen LogP contribution in [-0.2, 0) is 0 Å². The summed E-state index contributed by atoms with van der Waals surface area (Å²) in [6, 6.07) is 13.0. The molecule has 0 fully saturated rings. The second-order valence-corrected chi connectivity index (χ2v) is 4.33. The number of benzene rings is 2. The summed E-state index contributed by atoms with van der Waals surface area (Å²) in [5, 5.41) is 19.5. The lowest BCUT2D eigenvalue weighted by molar-refractivity contribution is 0.475. The molecule has 0 amide bonds. The summed E-state index contributed by atoms with van der Waals surface area (Å²) < 4.78 is 0. The minimum Gasteiger partial charge on any atom is -0.508 e. The Labute approximate surface area is 108 Å². The van der Waals surface area contributed by atoms with Gasteiger partial charge in [-0.05, 0) is 41.3 Å². The zero-order valence-electron chi connectivity index (χ0n) is 9.92. The van der Waals surface area contributed by atoms with Crippen LogP contribution in [0.2, 0.25) is 0 Å². The van der Waals surface area contributed by atoms with Crippen LogP contribution in [0, 0.1) is 0 Å². The molecule has 94 valence electrons. The zero-order chi connectivity index (χ0) is 13.4. The van der Waals surface area contributed by atoms with Crippen molar-refractivity contribution < 1.29 is 10.2 Å². The maximum absolute atomic E-state index is 12.0. The van der Waals surface area contributed by atoms with Gasteiger partial charge < -0.3 is 15.2 Å². The fourth-order valence-corrected chi connectivity index (χ4v) is 2.04. The topological polar surface area (TPSA) is 73.3 Å². The summed E-state index contributed by atoms with van der Waals surface area (Å²) in [5.74, 6) is 0.270. The van der Waals surface area contributed by atoms with Crippen LogP contribution in [0.25, 0.3) is 22.0 Å². The average molecular weight is 253 g/mol. The number of rotatable bonds is 1. The maximum Gasteiger partial charge on any atom is 0.256 e. The quantitative estimate of drug-likeness (QED) is 0.624. The van der Waals surface area contributed by atoms with E-state index in [4.69, 9.17) is 0 Å². The van der Waals surface area contributed by atoms with Gasteiger partial charge in [0, 0.05) is 11.6 Å². The molecule has 0 radical (unpaired) electrons. The number of hydrogen-bond donors (Lipinski definition) is 3. The van der Waals surface area contributed by atoms with Crippen LogP contribution in [0.15, 0.2) is 53.3 Å². The van der Waals surface area contributed by atoms with Gasteiger partial charge in [0.2, 0.25) is 0 Å². The Bertz CT molecular complexity index is 804. The van der Waals surface area contributed by atoms with E-state index in [0.29, 0.717) is 11.1 Å². The van der Waals surface area contributed by atoms with Crippen LogP contribution in [0.1, 0.15) is 0 Å². The van der Waals surface area contributed by atoms with Crippen LogP contribution in [0.4, 0.5) is 0 Å². The number of aromatic amines is 1. The minimum absolute atomic E-state index is 0.112. The van der Waals surface area contributed by atoms with Crippen LogP contribution in [0.5, 0.6) is 11.5 Å². The summed E-state index contributed by atoms with van der Waals surface area (Å²) in [6.45, 7) is 0. The Morgan fingerprint density at radius 2 is 1.53 bits per heavy atom. The number of fused-ring (bicyclic) bond motifs is 1. The number of phenols is 2. The molecule has 0 aliphatic heterocycles. The second-order valence-electron chi connectivity index (χ2n) is 4.33. The van der Waals surface area contributed by atoms with Gasteiger partial charge in [0.1, 0.15) is 11.5 Å². The van der Waals surface area contributed by atoms with Gasteiger partial charge in [0.15, 0.2) is 0 Å². The largest absolute Gasteiger partial charge is 0.508 e. The summed E-state index contributed by atoms with van der Waals surface area (Å²) in [4.78, 5) is 14.8. The van der Waals surface area contributed by atoms with Crippen LogP contribution < -0.4 is 5.56 Å². The van der Waals surface area contributed by atoms with Crippen molar-refractivity contribution in [2.45, 2.75) is 0 Å². The number of pyridine rings is 1. The highest BCUT2D eigenvalue weighted by Crippen LogP contribution is 2.23. The van der Waals surface area contributed by atoms with Crippen molar-refractivity contribution in [2.24, 2.45) is 0 Å². The van der Waals surface area contributed by atoms with Gasteiger partial charge in [-0.1, -0.05) is 12.1 Å². The van der Waals surface area contributed by atoms with Crippen molar-refractivity contribution in [3.8, 4) is 22.6 Å². The van der Waals surface area contributed by atoms with E-state index in [0.717, 1.165) is 10.9 Å². The van der Waals surface area contributed by atoms with Gasteiger partial charge in [-0.15, -0.1) is 0 Å². The third kappa shape index (κ3) is 2.04. The van der Waals surface area contributed by atoms with Gasteiger partial charge >= 0.3 is 0 Å². The fourth-order valence-electron chi connectivity index (χ4n) is 2.04. The molecule has 1 heterocycles. The molecule has 4 heteroatoms. The molecule has 4 nitrogen and oxygen atoms in total. The lowest BCUT2D eigenvalue weighted by Crippen LogP contribution is -2.08. The van der Waals surface area contributed by atoms with E-state index in [1.807, 2.05) is 0 Å². The minimum atomic E-state index is -0.233. The molecule has 2 aromatic carbocycles. The molecule has 0 unspecified atom stereocenters. The van der Waals surface area contributed by atoms with Gasteiger partial charge in [-0.3, -0.25) is 4.79 Å². The van der Waals surface area contributed by atoms with Crippen LogP contribution in [-0.4, -0.2) is 15.2 Å². The van der Waals surface area contributed by atoms with Gasteiger partial charge in [0.05, 0.1) is 5.52 Å². The summed E-state index contributed by atoms with van der Waals surface area (Å²) in [6.07, 6.45) is 0. The molecule has 0 atom stereocenters. The smallest absolute Gasteiger partial charge is 0.256 e. The number of nitrogens with one attached hydrogen (secondary N) is 1. The van der Waals surface area contributed by atoms with Crippen LogP contribution in [0.3, 0.4) is 0 Å². The first kappa shape index (κ1) is 11.3. The predicted octanol–water partition coefficient (Wildman–Crippen LogP) is 2.61. The molecular formula is C15H11NO3. The maximum atomic E-state index is 12.0. The van der Waals surface area contributed by atoms with Crippen molar-refractivity contribution in [3.05, 3.63) is 58.9 Å². The Hall–Kier alpha value is -2.75. The standard InChI is InChI=1S/C15H11NO3/c17-11-4-1-9(2-5-11)13-7-10-3-6-12(18)8-14(10)16-15(13)19/h1-8,17-18H,(H,16,19). The SMILES string of the molecule is O=c1[nH]c2cc(O)ccc2cc1-c1ccc(O)cc1. The van der Waals surface area contributed by atoms with Crippen LogP contribution >= 0.6 is 0 Å². The molecule has 3 N–H and O–H groups in total. The fraction of sp³-hybridized carbons (Fsp3) is 0. The first-order chi connectivity index (χ1) is 9.13. The summed E-state index contributed by atoms with van der Waals surface area (Å²) >= 11 is 0. The third-order valence-electron chi connectivity index (χ3n) is 3.01. The highest BCUT2D eigenvalue weighted by Gasteiger charge is 2.06. The molecule has 3 aromatic rings. The van der Waals surface area contributed by atoms with Crippen molar-refractivity contribution >= 4 is 10.9 Å². The van der Waals surface area contributed by atoms with E-state index < -0.39 is 0 Å². The lowest BCUT2D eigenvalue weighted by atomic mass is 10.0. The number of aromatic nitrogens is 1. The first-order valence-corrected chi connectivity index (χ1v) is 5.79. The zero-order valence-corrected chi connectivity index (χ0v) is 9.92. The van der Waals surface area contributed by atoms with E-state index >= 15 is 0 Å². The number of aromatic hydroxyl groups is 2. The molecule has 0 spiro atoms. The Morgan fingerprint density at radius 1 is 0.842 bits per heavy atom. The molecule has 0 bridgehead atoms. The van der Waals surface area contributed by atoms with Gasteiger partial charge in [-0.25, -0.2) is 0 Å². The van der Waals surface area contributed by atoms with E-state index in [-0.39, 0.29) is 17.1 Å². The Kier molecular flexibility index (Phi) is 2.49. The molecule has 0 saturated carbocycles. The number of phenolic OH excluding ortho intramolecular Hbond substituents is 2. The third-order valence-corrected chi connectivity index (χ3v) is 3.01. The average Bonchev–Trinajstić information content (AvgIpc) is 2.39. The van der Waals surface area contributed by atoms with Crippen molar-refractivity contribution in [1.82, 2.24) is 4.98 Å². The molecule has 19 heavy (non-hydrogen) atoms. The van der Waals surface area contributed by atoms with E-state index in [1.165, 1.54) is 18.2 Å². The van der Waals surface area contributed by atoms with Crippen molar-refractivity contribution in [3.63, 3.8) is 0 Å². The molecule has 0 aliphatic rings. The summed E-state index contributed by atoms with van der Waals surface area (Å²) in [5.41, 5.74) is 1.61. The van der Waals surface area contributed by atoms with Crippen molar-refractivity contribution in [1.29, 1.82) is 0 Å². The highest BCUT2D eigenvalue weighted by molar-refractivity contribution is 5.84. The monoisotopic (exact) mass is 253 g/mol. The molecule has 1 aromatic heterocycles. The number of H-pyrrole nitrogens is 1. The predicted molar refractivity (Wildman–Crippen MR) is 73.3 cm³/mol. The second kappa shape index (κ2) is 4.17. The molecule has 3 rings (SSSR count). The molecule has 0 saturated heterocycles. The van der Waals surface area contributed by atoms with E-state index in [9.17, 15) is 15.0 Å². The van der Waals surface area contributed by atoms with Gasteiger partial charge in [0.25, 0.3) is 5.56 Å². The van der Waals surface area contributed by atoms with E-state index in [1.54, 1.807) is 30.3 Å². The Balaban J connectivity index is 2.24. The Morgan fingerprint density at radius 3 is 2.26 bits per heavy atom. The first-order valence-electron chi connectivity index (χ1n) is 5.79. The van der Waals surface area contributed by atoms with Gasteiger partial charge in [-0.2, -0.15) is 0 Å². The molecule has 0 aliphatic carbocycles. The highest BCUT2D eigenvalue weighted by atomic mass is 16.3. The number of hydrogen-bond acceptors (Lipinski definition) is 3. The summed E-state index contributed by atoms with van der Waals surface area (Å²) in [7, 11) is 0.